The van der Waals surface area contributed by atoms with Crippen molar-refractivity contribution in [3.05, 3.63) is 51.7 Å². The van der Waals surface area contributed by atoms with E-state index in [-0.39, 0.29) is 5.91 Å². The van der Waals surface area contributed by atoms with Crippen LogP contribution < -0.4 is 0 Å². The third kappa shape index (κ3) is 4.07. The molecule has 2 heterocycles. The summed E-state index contributed by atoms with van der Waals surface area (Å²) in [6.07, 6.45) is 4.59. The van der Waals surface area contributed by atoms with Gasteiger partial charge in [0.05, 0.1) is 5.56 Å². The molecule has 0 spiro atoms. The molecule has 0 saturated carbocycles. The van der Waals surface area contributed by atoms with Crippen LogP contribution in [0.25, 0.3) is 0 Å². The number of hydrogen-bond acceptors (Lipinski definition) is 4. The third-order valence-corrected chi connectivity index (χ3v) is 6.51. The number of benzene rings is 1. The van der Waals surface area contributed by atoms with E-state index in [4.69, 9.17) is 0 Å². The normalized spacial score (nSPS) is 15.3. The lowest BCUT2D eigenvalue weighted by Gasteiger charge is -2.32. The van der Waals surface area contributed by atoms with Crippen molar-refractivity contribution in [3.63, 3.8) is 0 Å². The van der Waals surface area contributed by atoms with Crippen LogP contribution in [0.4, 0.5) is 0 Å². The maximum Gasteiger partial charge on any atom is 0.335 e. The van der Waals surface area contributed by atoms with Crippen molar-refractivity contribution in [1.82, 2.24) is 4.90 Å². The van der Waals surface area contributed by atoms with Gasteiger partial charge < -0.3 is 10.0 Å². The van der Waals surface area contributed by atoms with E-state index in [2.05, 4.69) is 0 Å². The number of carboxylic acid groups (broad SMARTS) is 1. The second-order valence-electron chi connectivity index (χ2n) is 6.22. The fraction of sp³-hybridized carbons (Fsp3) is 0.368. The molecule has 6 heteroatoms. The Hall–Kier alpha value is -1.79. The number of aromatic carboxylic acids is 1. The minimum atomic E-state index is -0.870. The van der Waals surface area contributed by atoms with Crippen molar-refractivity contribution >= 4 is 35.0 Å². The van der Waals surface area contributed by atoms with E-state index in [0.717, 1.165) is 47.7 Å². The largest absolute Gasteiger partial charge is 0.478 e. The second kappa shape index (κ2) is 8.06. The number of thioether (sulfide) groups is 1. The van der Waals surface area contributed by atoms with Gasteiger partial charge in [0.2, 0.25) is 0 Å². The zero-order valence-electron chi connectivity index (χ0n) is 14.1. The van der Waals surface area contributed by atoms with Gasteiger partial charge >= 0.3 is 5.97 Å². The Morgan fingerprint density at radius 3 is 2.64 bits per heavy atom. The summed E-state index contributed by atoms with van der Waals surface area (Å²) in [6.45, 7) is 1.48. The molecule has 1 aliphatic rings. The van der Waals surface area contributed by atoms with Gasteiger partial charge in [0.25, 0.3) is 5.91 Å². The Morgan fingerprint density at radius 2 is 1.96 bits per heavy atom. The first-order valence-electron chi connectivity index (χ1n) is 8.32. The van der Waals surface area contributed by atoms with Crippen molar-refractivity contribution < 1.29 is 14.7 Å². The maximum absolute atomic E-state index is 12.7. The number of rotatable bonds is 5. The van der Waals surface area contributed by atoms with Crippen molar-refractivity contribution in [3.8, 4) is 0 Å². The number of carbonyl (C=O) groups is 2. The minimum Gasteiger partial charge on any atom is -0.478 e. The smallest absolute Gasteiger partial charge is 0.335 e. The topological polar surface area (TPSA) is 57.6 Å². The van der Waals surface area contributed by atoms with Gasteiger partial charge in [-0.3, -0.25) is 4.79 Å². The number of carboxylic acids is 1. The Labute approximate surface area is 155 Å². The molecule has 0 unspecified atom stereocenters. The molecular formula is C19H21NO3S2. The van der Waals surface area contributed by atoms with Gasteiger partial charge in [-0.05, 0) is 54.5 Å². The molecule has 1 fully saturated rings. The standard InChI is InChI=1S/C19H21NO3S2/c1-24-16-8-11-25-17(16)18(21)20-9-6-13(7-10-20)12-14-4-2-3-5-15(14)19(22)23/h2-5,8,11,13H,6-7,9-10,12H2,1H3,(H,22,23). The van der Waals surface area contributed by atoms with Gasteiger partial charge in [0.15, 0.2) is 0 Å². The summed E-state index contributed by atoms with van der Waals surface area (Å²) in [4.78, 5) is 27.9. The molecule has 0 atom stereocenters. The maximum atomic E-state index is 12.7. The number of hydrogen-bond donors (Lipinski definition) is 1. The third-order valence-electron chi connectivity index (χ3n) is 4.70. The van der Waals surface area contributed by atoms with E-state index in [1.54, 1.807) is 23.9 Å². The summed E-state index contributed by atoms with van der Waals surface area (Å²) in [5.74, 6) is -0.317. The number of piperidine rings is 1. The van der Waals surface area contributed by atoms with E-state index in [9.17, 15) is 14.7 Å². The molecule has 1 aromatic carbocycles. The first kappa shape index (κ1) is 18.0. The summed E-state index contributed by atoms with van der Waals surface area (Å²) in [6, 6.07) is 9.21. The highest BCUT2D eigenvalue weighted by Gasteiger charge is 2.26. The first-order valence-corrected chi connectivity index (χ1v) is 10.4. The van der Waals surface area contributed by atoms with Crippen molar-refractivity contribution in [2.45, 2.75) is 24.2 Å². The molecular weight excluding hydrogens is 354 g/mol. The number of thiophene rings is 1. The molecule has 1 N–H and O–H groups in total. The zero-order chi connectivity index (χ0) is 17.8. The van der Waals surface area contributed by atoms with E-state index in [1.165, 1.54) is 11.3 Å². The molecule has 25 heavy (non-hydrogen) atoms. The molecule has 1 saturated heterocycles. The van der Waals surface area contributed by atoms with Gasteiger partial charge in [-0.25, -0.2) is 4.79 Å². The Balaban J connectivity index is 1.61. The van der Waals surface area contributed by atoms with Crippen LogP contribution in [0.5, 0.6) is 0 Å². The molecule has 3 rings (SSSR count). The summed E-state index contributed by atoms with van der Waals surface area (Å²) >= 11 is 3.12. The van der Waals surface area contributed by atoms with Gasteiger partial charge in [0, 0.05) is 18.0 Å². The van der Waals surface area contributed by atoms with Gasteiger partial charge in [0.1, 0.15) is 4.88 Å². The molecule has 0 aliphatic carbocycles. The summed E-state index contributed by atoms with van der Waals surface area (Å²) < 4.78 is 0. The molecule has 2 aromatic rings. The zero-order valence-corrected chi connectivity index (χ0v) is 15.7. The van der Waals surface area contributed by atoms with Crippen molar-refractivity contribution in [1.29, 1.82) is 0 Å². The van der Waals surface area contributed by atoms with E-state index >= 15 is 0 Å². The Kier molecular flexibility index (Phi) is 5.81. The lowest BCUT2D eigenvalue weighted by atomic mass is 9.88. The number of likely N-dealkylation sites (tertiary alicyclic amines) is 1. The summed E-state index contributed by atoms with van der Waals surface area (Å²) in [5.41, 5.74) is 1.28. The average molecular weight is 376 g/mol. The molecule has 0 radical (unpaired) electrons. The highest BCUT2D eigenvalue weighted by molar-refractivity contribution is 7.98. The molecule has 0 bridgehead atoms. The van der Waals surface area contributed by atoms with Crippen LogP contribution in [0, 0.1) is 5.92 Å². The minimum absolute atomic E-state index is 0.128. The molecule has 1 aromatic heterocycles. The average Bonchev–Trinajstić information content (AvgIpc) is 3.11. The predicted molar refractivity (Wildman–Crippen MR) is 102 cm³/mol. The molecule has 132 valence electrons. The van der Waals surface area contributed by atoms with Crippen LogP contribution in [0.1, 0.15) is 38.4 Å². The second-order valence-corrected chi connectivity index (χ2v) is 7.98. The van der Waals surface area contributed by atoms with Crippen molar-refractivity contribution in [2.75, 3.05) is 19.3 Å². The highest BCUT2D eigenvalue weighted by Crippen LogP contribution is 2.29. The Bertz CT molecular complexity index is 764. The van der Waals surface area contributed by atoms with Crippen molar-refractivity contribution in [2.24, 2.45) is 5.92 Å². The van der Waals surface area contributed by atoms with Crippen LogP contribution in [0.3, 0.4) is 0 Å². The fourth-order valence-electron chi connectivity index (χ4n) is 3.32. The van der Waals surface area contributed by atoms with Crippen LogP contribution in [0.15, 0.2) is 40.6 Å². The van der Waals surface area contributed by atoms with E-state index in [0.29, 0.717) is 11.5 Å². The summed E-state index contributed by atoms with van der Waals surface area (Å²) in [7, 11) is 0. The molecule has 1 aliphatic heterocycles. The summed E-state index contributed by atoms with van der Waals surface area (Å²) in [5, 5.41) is 11.3. The van der Waals surface area contributed by atoms with Crippen LogP contribution in [-0.2, 0) is 6.42 Å². The Morgan fingerprint density at radius 1 is 1.24 bits per heavy atom. The number of carbonyl (C=O) groups excluding carboxylic acids is 1. The predicted octanol–water partition coefficient (Wildman–Crippen LogP) is 4.26. The van der Waals surface area contributed by atoms with E-state index < -0.39 is 5.97 Å². The van der Waals surface area contributed by atoms with Crippen LogP contribution in [-0.4, -0.2) is 41.2 Å². The van der Waals surface area contributed by atoms with E-state index in [1.807, 2.05) is 34.7 Å². The number of nitrogens with zero attached hydrogens (tertiary/aromatic N) is 1. The molecule has 4 nitrogen and oxygen atoms in total. The SMILES string of the molecule is CSc1ccsc1C(=O)N1CCC(Cc2ccccc2C(=O)O)CC1. The lowest BCUT2D eigenvalue weighted by molar-refractivity contribution is 0.0692. The lowest BCUT2D eigenvalue weighted by Crippen LogP contribution is -2.38. The first-order chi connectivity index (χ1) is 12.1. The fourth-order valence-corrected chi connectivity index (χ4v) is 5.03. The van der Waals surface area contributed by atoms with Crippen LogP contribution >= 0.6 is 23.1 Å². The molecule has 1 amide bonds. The highest BCUT2D eigenvalue weighted by atomic mass is 32.2. The quantitative estimate of drug-likeness (QED) is 0.793. The van der Waals surface area contributed by atoms with Crippen LogP contribution in [0.2, 0.25) is 0 Å². The van der Waals surface area contributed by atoms with Gasteiger partial charge in [-0.1, -0.05) is 18.2 Å². The number of amides is 1. The van der Waals surface area contributed by atoms with Gasteiger partial charge in [-0.15, -0.1) is 23.1 Å². The monoisotopic (exact) mass is 375 g/mol. The van der Waals surface area contributed by atoms with Gasteiger partial charge in [-0.2, -0.15) is 0 Å².